The number of nitrogens with zero attached hydrogens (tertiary/aromatic N) is 3. The fourth-order valence-corrected chi connectivity index (χ4v) is 1.71. The van der Waals surface area contributed by atoms with Crippen molar-refractivity contribution in [3.05, 3.63) is 53.7 Å². The molecule has 0 fully saturated rings. The predicted molar refractivity (Wildman–Crippen MR) is 76.4 cm³/mol. The Morgan fingerprint density at radius 3 is 2.63 bits per heavy atom. The van der Waals surface area contributed by atoms with Gasteiger partial charge in [-0.1, -0.05) is 30.4 Å². The fraction of sp³-hybridized carbons (Fsp3) is 0.154. The third-order valence-electron chi connectivity index (χ3n) is 2.65. The van der Waals surface area contributed by atoms with E-state index < -0.39 is 0 Å². The molecule has 0 aliphatic rings. The summed E-state index contributed by atoms with van der Waals surface area (Å²) in [5, 5.41) is 0. The van der Waals surface area contributed by atoms with Gasteiger partial charge >= 0.3 is 0 Å². The van der Waals surface area contributed by atoms with Crippen LogP contribution in [0.5, 0.6) is 0 Å². The van der Waals surface area contributed by atoms with Crippen molar-refractivity contribution in [2.75, 3.05) is 11.9 Å². The van der Waals surface area contributed by atoms with Gasteiger partial charge in [-0.2, -0.15) is 0 Å². The van der Waals surface area contributed by atoms with Crippen molar-refractivity contribution in [2.24, 2.45) is 5.73 Å². The molecule has 6 heteroatoms. The lowest BCUT2D eigenvalue weighted by Crippen LogP contribution is -2.20. The molecule has 98 valence electrons. The highest BCUT2D eigenvalue weighted by atomic mass is 32.1. The number of thiocarbonyl (C=S) groups is 1. The molecular formula is C13H13FN4S. The van der Waals surface area contributed by atoms with Crippen LogP contribution in [0.2, 0.25) is 0 Å². The third kappa shape index (κ3) is 3.23. The largest absolute Gasteiger partial charge is 0.388 e. The minimum absolute atomic E-state index is 0.204. The zero-order valence-electron chi connectivity index (χ0n) is 10.4. The molecule has 1 aromatic heterocycles. The molecule has 4 nitrogen and oxygen atoms in total. The lowest BCUT2D eigenvalue weighted by Gasteiger charge is -2.18. The number of anilines is 1. The number of halogens is 1. The van der Waals surface area contributed by atoms with Crippen LogP contribution in [0.3, 0.4) is 0 Å². The van der Waals surface area contributed by atoms with E-state index in [1.54, 1.807) is 29.3 Å². The van der Waals surface area contributed by atoms with E-state index in [-0.39, 0.29) is 10.8 Å². The fourth-order valence-electron chi connectivity index (χ4n) is 1.61. The van der Waals surface area contributed by atoms with Crippen LogP contribution < -0.4 is 10.6 Å². The molecule has 2 N–H and O–H groups in total. The molecule has 0 aliphatic carbocycles. The highest BCUT2D eigenvalue weighted by molar-refractivity contribution is 7.80. The molecule has 1 heterocycles. The summed E-state index contributed by atoms with van der Waals surface area (Å²) in [6.07, 6.45) is 3.07. The van der Waals surface area contributed by atoms with Gasteiger partial charge < -0.3 is 10.6 Å². The third-order valence-corrected chi connectivity index (χ3v) is 2.86. The van der Waals surface area contributed by atoms with Crippen LogP contribution in [0.1, 0.15) is 11.3 Å². The Balaban J connectivity index is 2.14. The molecule has 0 radical (unpaired) electrons. The SMILES string of the molecule is CN(Cc1ccccc1F)c1cnc(C(N)=S)cn1. The lowest BCUT2D eigenvalue weighted by atomic mass is 10.2. The summed E-state index contributed by atoms with van der Waals surface area (Å²) in [5.74, 6) is 0.394. The Morgan fingerprint density at radius 2 is 2.05 bits per heavy atom. The van der Waals surface area contributed by atoms with E-state index in [4.69, 9.17) is 18.0 Å². The van der Waals surface area contributed by atoms with Gasteiger partial charge in [-0.15, -0.1) is 0 Å². The molecule has 0 aliphatic heterocycles. The average Bonchev–Trinajstić information content (AvgIpc) is 2.41. The van der Waals surface area contributed by atoms with Crippen molar-refractivity contribution >= 4 is 23.0 Å². The summed E-state index contributed by atoms with van der Waals surface area (Å²) in [7, 11) is 1.82. The van der Waals surface area contributed by atoms with Gasteiger partial charge in [0.05, 0.1) is 12.4 Å². The maximum Gasteiger partial charge on any atom is 0.147 e. The van der Waals surface area contributed by atoms with Crippen molar-refractivity contribution in [1.82, 2.24) is 9.97 Å². The van der Waals surface area contributed by atoms with Crippen LogP contribution in [-0.4, -0.2) is 22.0 Å². The molecule has 1 aromatic carbocycles. The Hall–Kier alpha value is -2.08. The smallest absolute Gasteiger partial charge is 0.147 e. The Bertz CT molecular complexity index is 585. The maximum atomic E-state index is 13.5. The van der Waals surface area contributed by atoms with Gasteiger partial charge in [-0.25, -0.2) is 14.4 Å². The van der Waals surface area contributed by atoms with E-state index in [9.17, 15) is 4.39 Å². The molecule has 0 bridgehead atoms. The van der Waals surface area contributed by atoms with Gasteiger partial charge in [-0.3, -0.25) is 0 Å². The molecule has 0 saturated heterocycles. The molecule has 2 rings (SSSR count). The molecular weight excluding hydrogens is 263 g/mol. The highest BCUT2D eigenvalue weighted by Gasteiger charge is 2.08. The van der Waals surface area contributed by atoms with Gasteiger partial charge in [0.2, 0.25) is 0 Å². The highest BCUT2D eigenvalue weighted by Crippen LogP contribution is 2.13. The maximum absolute atomic E-state index is 13.5. The number of rotatable bonds is 4. The Labute approximate surface area is 116 Å². The van der Waals surface area contributed by atoms with Gasteiger partial charge in [0, 0.05) is 19.2 Å². The standard InChI is InChI=1S/C13H13FN4S/c1-18(8-9-4-2-3-5-10(9)14)12-7-16-11(6-17-12)13(15)19/h2-7H,8H2,1H3,(H2,15,19). The van der Waals surface area contributed by atoms with E-state index in [1.165, 1.54) is 12.3 Å². The summed E-state index contributed by atoms with van der Waals surface area (Å²) in [6.45, 7) is 0.410. The topological polar surface area (TPSA) is 55.0 Å². The van der Waals surface area contributed by atoms with Crippen LogP contribution >= 0.6 is 12.2 Å². The van der Waals surface area contributed by atoms with Gasteiger partial charge in [0.1, 0.15) is 22.3 Å². The first-order chi connectivity index (χ1) is 9.08. The first kappa shape index (κ1) is 13.4. The van der Waals surface area contributed by atoms with Gasteiger partial charge in [-0.05, 0) is 6.07 Å². The van der Waals surface area contributed by atoms with Crippen LogP contribution in [0, 0.1) is 5.82 Å². The zero-order chi connectivity index (χ0) is 13.8. The molecule has 0 amide bonds. The Kier molecular flexibility index (Phi) is 4.01. The van der Waals surface area contributed by atoms with E-state index >= 15 is 0 Å². The second-order valence-electron chi connectivity index (χ2n) is 4.07. The van der Waals surface area contributed by atoms with Crippen molar-refractivity contribution in [3.8, 4) is 0 Å². The number of nitrogens with two attached hydrogens (primary N) is 1. The minimum Gasteiger partial charge on any atom is -0.388 e. The molecule has 0 saturated carbocycles. The summed E-state index contributed by atoms with van der Waals surface area (Å²) >= 11 is 4.81. The van der Waals surface area contributed by atoms with E-state index in [0.717, 1.165) is 0 Å². The molecule has 2 aromatic rings. The number of hydrogen-bond donors (Lipinski definition) is 1. The lowest BCUT2D eigenvalue weighted by molar-refractivity contribution is 0.607. The molecule has 0 spiro atoms. The van der Waals surface area contributed by atoms with Crippen molar-refractivity contribution in [2.45, 2.75) is 6.54 Å². The number of hydrogen-bond acceptors (Lipinski definition) is 4. The van der Waals surface area contributed by atoms with Gasteiger partial charge in [0.25, 0.3) is 0 Å². The monoisotopic (exact) mass is 276 g/mol. The predicted octanol–water partition coefficient (Wildman–Crippen LogP) is 1.89. The van der Waals surface area contributed by atoms with Crippen LogP contribution in [0.4, 0.5) is 10.2 Å². The minimum atomic E-state index is -0.234. The Morgan fingerprint density at radius 1 is 1.32 bits per heavy atom. The van der Waals surface area contributed by atoms with E-state index in [2.05, 4.69) is 9.97 Å². The summed E-state index contributed by atoms with van der Waals surface area (Å²) < 4.78 is 13.5. The average molecular weight is 276 g/mol. The van der Waals surface area contributed by atoms with Crippen molar-refractivity contribution in [1.29, 1.82) is 0 Å². The van der Waals surface area contributed by atoms with E-state index in [1.807, 2.05) is 7.05 Å². The number of aromatic nitrogens is 2. The second-order valence-corrected chi connectivity index (χ2v) is 4.51. The summed E-state index contributed by atoms with van der Waals surface area (Å²) in [4.78, 5) is 10.3. The summed E-state index contributed by atoms with van der Waals surface area (Å²) in [6, 6.07) is 6.64. The molecule has 19 heavy (non-hydrogen) atoms. The molecule has 0 atom stereocenters. The normalized spacial score (nSPS) is 10.2. The van der Waals surface area contributed by atoms with Crippen molar-refractivity contribution < 1.29 is 4.39 Å². The first-order valence-electron chi connectivity index (χ1n) is 5.64. The molecule has 0 unspecified atom stereocenters. The van der Waals surface area contributed by atoms with Crippen LogP contribution in [0.25, 0.3) is 0 Å². The van der Waals surface area contributed by atoms with Crippen LogP contribution in [0.15, 0.2) is 36.7 Å². The quantitative estimate of drug-likeness (QED) is 0.864. The zero-order valence-corrected chi connectivity index (χ0v) is 11.2. The second kappa shape index (κ2) is 5.71. The van der Waals surface area contributed by atoms with Crippen LogP contribution in [-0.2, 0) is 6.54 Å². The first-order valence-corrected chi connectivity index (χ1v) is 6.05. The van der Waals surface area contributed by atoms with Crippen molar-refractivity contribution in [3.63, 3.8) is 0 Å². The summed E-state index contributed by atoms with van der Waals surface area (Å²) in [5.41, 5.74) is 6.52. The van der Waals surface area contributed by atoms with Gasteiger partial charge in [0.15, 0.2) is 0 Å². The number of benzene rings is 1. The van der Waals surface area contributed by atoms with E-state index in [0.29, 0.717) is 23.6 Å².